The van der Waals surface area contributed by atoms with Crippen LogP contribution in [0.5, 0.6) is 0 Å². The molecule has 0 aromatic carbocycles. The molecule has 3 heterocycles. The van der Waals surface area contributed by atoms with E-state index in [1.54, 1.807) is 0 Å². The number of likely N-dealkylation sites (tertiary alicyclic amines) is 1. The minimum Gasteiger partial charge on any atom is -0.358 e. The first-order valence-corrected chi connectivity index (χ1v) is 7.54. The summed E-state index contributed by atoms with van der Waals surface area (Å²) in [5.74, 6) is -0.261. The number of hydrogen-bond acceptors (Lipinski definition) is 6. The van der Waals surface area contributed by atoms with E-state index in [0.717, 1.165) is 45.7 Å². The number of nitrogens with one attached hydrogen (secondary N) is 1. The van der Waals surface area contributed by atoms with Crippen LogP contribution in [0.3, 0.4) is 0 Å². The SMILES string of the molecule is Cl.O=C(Cn1ccc([N+](=O)[O-])n1)N1CCC(N2CCNCC2)C1. The fraction of sp³-hybridized carbons (Fsp3) is 0.692. The Bertz CT molecular complexity index is 560. The second-order valence-electron chi connectivity index (χ2n) is 5.70. The molecular weight excluding hydrogens is 324 g/mol. The molecule has 2 aliphatic heterocycles. The molecule has 1 N–H and O–H groups in total. The number of carbonyl (C=O) groups is 1. The summed E-state index contributed by atoms with van der Waals surface area (Å²) < 4.78 is 1.33. The molecule has 0 aliphatic carbocycles. The Morgan fingerprint density at radius 2 is 2.13 bits per heavy atom. The van der Waals surface area contributed by atoms with Crippen LogP contribution in [-0.2, 0) is 11.3 Å². The first kappa shape index (κ1) is 17.6. The predicted molar refractivity (Wildman–Crippen MR) is 85.6 cm³/mol. The molecular formula is C13H21ClN6O3. The van der Waals surface area contributed by atoms with E-state index >= 15 is 0 Å². The van der Waals surface area contributed by atoms with Gasteiger partial charge in [0.05, 0.1) is 17.4 Å². The molecule has 1 atom stereocenters. The summed E-state index contributed by atoms with van der Waals surface area (Å²) in [6.45, 7) is 5.60. The molecule has 0 radical (unpaired) electrons. The van der Waals surface area contributed by atoms with Crippen molar-refractivity contribution in [2.75, 3.05) is 39.3 Å². The molecule has 0 spiro atoms. The van der Waals surface area contributed by atoms with Gasteiger partial charge in [0.25, 0.3) is 0 Å². The Labute approximate surface area is 140 Å². The van der Waals surface area contributed by atoms with Crippen LogP contribution < -0.4 is 5.32 Å². The number of amides is 1. The van der Waals surface area contributed by atoms with Gasteiger partial charge in [0.1, 0.15) is 6.54 Å². The summed E-state index contributed by atoms with van der Waals surface area (Å²) in [7, 11) is 0. The number of nitrogens with zero attached hydrogens (tertiary/aromatic N) is 5. The summed E-state index contributed by atoms with van der Waals surface area (Å²) in [6.07, 6.45) is 2.46. The van der Waals surface area contributed by atoms with Crippen LogP contribution in [0.4, 0.5) is 5.82 Å². The summed E-state index contributed by atoms with van der Waals surface area (Å²) >= 11 is 0. The molecule has 1 unspecified atom stereocenters. The van der Waals surface area contributed by atoms with Crippen molar-refractivity contribution in [2.45, 2.75) is 19.0 Å². The lowest BCUT2D eigenvalue weighted by Gasteiger charge is -2.32. The van der Waals surface area contributed by atoms with Gasteiger partial charge in [0, 0.05) is 45.3 Å². The molecule has 2 fully saturated rings. The van der Waals surface area contributed by atoms with Crippen molar-refractivity contribution in [2.24, 2.45) is 0 Å². The van der Waals surface area contributed by atoms with E-state index in [-0.39, 0.29) is 30.7 Å². The maximum absolute atomic E-state index is 12.3. The fourth-order valence-corrected chi connectivity index (χ4v) is 3.09. The molecule has 3 rings (SSSR count). The van der Waals surface area contributed by atoms with Crippen molar-refractivity contribution >= 4 is 24.1 Å². The van der Waals surface area contributed by atoms with Crippen molar-refractivity contribution in [3.63, 3.8) is 0 Å². The van der Waals surface area contributed by atoms with Crippen LogP contribution >= 0.6 is 12.4 Å². The highest BCUT2D eigenvalue weighted by atomic mass is 35.5. The smallest absolute Gasteiger partial charge is 0.358 e. The highest BCUT2D eigenvalue weighted by molar-refractivity contribution is 5.85. The van der Waals surface area contributed by atoms with Crippen LogP contribution in [0.25, 0.3) is 0 Å². The number of nitro groups is 1. The van der Waals surface area contributed by atoms with Gasteiger partial charge in [-0.3, -0.25) is 9.69 Å². The molecule has 2 saturated heterocycles. The lowest BCUT2D eigenvalue weighted by molar-refractivity contribution is -0.389. The molecule has 1 aromatic heterocycles. The molecule has 0 bridgehead atoms. The first-order chi connectivity index (χ1) is 10.6. The monoisotopic (exact) mass is 344 g/mol. The van der Waals surface area contributed by atoms with Gasteiger partial charge in [-0.2, -0.15) is 4.68 Å². The van der Waals surface area contributed by atoms with Gasteiger partial charge >= 0.3 is 5.82 Å². The van der Waals surface area contributed by atoms with E-state index in [1.165, 1.54) is 16.9 Å². The number of hydrogen-bond donors (Lipinski definition) is 1. The quantitative estimate of drug-likeness (QED) is 0.596. The second kappa shape index (κ2) is 7.71. The molecule has 9 nitrogen and oxygen atoms in total. The van der Waals surface area contributed by atoms with Crippen LogP contribution in [-0.4, -0.2) is 75.7 Å². The van der Waals surface area contributed by atoms with Crippen molar-refractivity contribution in [1.29, 1.82) is 0 Å². The molecule has 2 aliphatic rings. The van der Waals surface area contributed by atoms with Gasteiger partial charge in [0.2, 0.25) is 5.91 Å². The molecule has 0 saturated carbocycles. The highest BCUT2D eigenvalue weighted by Crippen LogP contribution is 2.17. The van der Waals surface area contributed by atoms with E-state index in [0.29, 0.717) is 6.04 Å². The van der Waals surface area contributed by atoms with E-state index in [2.05, 4.69) is 15.3 Å². The third-order valence-electron chi connectivity index (χ3n) is 4.29. The Balaban J connectivity index is 0.00000192. The number of piperazine rings is 1. The zero-order valence-electron chi connectivity index (χ0n) is 12.8. The number of carbonyl (C=O) groups excluding carboxylic acids is 1. The lowest BCUT2D eigenvalue weighted by atomic mass is 10.2. The maximum Gasteiger partial charge on any atom is 0.389 e. The zero-order chi connectivity index (χ0) is 15.5. The van der Waals surface area contributed by atoms with Crippen LogP contribution in [0.2, 0.25) is 0 Å². The van der Waals surface area contributed by atoms with Crippen molar-refractivity contribution < 1.29 is 9.72 Å². The summed E-state index contributed by atoms with van der Waals surface area (Å²) in [6, 6.07) is 1.74. The van der Waals surface area contributed by atoms with Gasteiger partial charge in [-0.25, -0.2) is 0 Å². The van der Waals surface area contributed by atoms with Crippen LogP contribution in [0.1, 0.15) is 6.42 Å². The highest BCUT2D eigenvalue weighted by Gasteiger charge is 2.31. The number of aromatic nitrogens is 2. The molecule has 23 heavy (non-hydrogen) atoms. The second-order valence-corrected chi connectivity index (χ2v) is 5.70. The zero-order valence-corrected chi connectivity index (χ0v) is 13.6. The van der Waals surface area contributed by atoms with Crippen LogP contribution in [0, 0.1) is 10.1 Å². The normalized spacial score (nSPS) is 21.9. The summed E-state index contributed by atoms with van der Waals surface area (Å²) in [5.41, 5.74) is 0. The fourth-order valence-electron chi connectivity index (χ4n) is 3.09. The van der Waals surface area contributed by atoms with E-state index in [4.69, 9.17) is 0 Å². The number of rotatable bonds is 4. The maximum atomic E-state index is 12.3. The molecule has 10 heteroatoms. The number of halogens is 1. The largest absolute Gasteiger partial charge is 0.389 e. The van der Waals surface area contributed by atoms with Gasteiger partial charge in [-0.15, -0.1) is 12.4 Å². The predicted octanol–water partition coefficient (Wildman–Crippen LogP) is -0.281. The van der Waals surface area contributed by atoms with E-state index in [1.807, 2.05) is 4.90 Å². The Hall–Kier alpha value is -1.71. The average Bonchev–Trinajstić information content (AvgIpc) is 3.17. The molecule has 1 aromatic rings. The standard InChI is InChI=1S/C13H20N6O3.ClH/c20-13(10-18-6-2-12(15-18)19(21)22)17-5-1-11(9-17)16-7-3-14-4-8-16;/h2,6,11,14H,1,3-5,7-10H2;1H. The van der Waals surface area contributed by atoms with E-state index < -0.39 is 4.92 Å². The van der Waals surface area contributed by atoms with Crippen LogP contribution in [0.15, 0.2) is 12.3 Å². The Kier molecular flexibility index (Phi) is 5.91. The van der Waals surface area contributed by atoms with Crippen molar-refractivity contribution in [3.05, 3.63) is 22.4 Å². The average molecular weight is 345 g/mol. The van der Waals surface area contributed by atoms with E-state index in [9.17, 15) is 14.9 Å². The molecule has 1 amide bonds. The third kappa shape index (κ3) is 4.18. The Morgan fingerprint density at radius 3 is 2.78 bits per heavy atom. The topological polar surface area (TPSA) is 96.5 Å². The lowest BCUT2D eigenvalue weighted by Crippen LogP contribution is -2.49. The van der Waals surface area contributed by atoms with Crippen molar-refractivity contribution in [3.8, 4) is 0 Å². The Morgan fingerprint density at radius 1 is 1.39 bits per heavy atom. The van der Waals surface area contributed by atoms with Gasteiger partial charge in [-0.05, 0) is 11.3 Å². The van der Waals surface area contributed by atoms with Crippen molar-refractivity contribution in [1.82, 2.24) is 24.9 Å². The van der Waals surface area contributed by atoms with Gasteiger partial charge < -0.3 is 20.3 Å². The minimum absolute atomic E-state index is 0. The third-order valence-corrected chi connectivity index (χ3v) is 4.29. The van der Waals surface area contributed by atoms with Gasteiger partial charge in [0.15, 0.2) is 0 Å². The van der Waals surface area contributed by atoms with Gasteiger partial charge in [-0.1, -0.05) is 0 Å². The first-order valence-electron chi connectivity index (χ1n) is 7.54. The summed E-state index contributed by atoms with van der Waals surface area (Å²) in [5, 5.41) is 17.7. The summed E-state index contributed by atoms with van der Waals surface area (Å²) in [4.78, 5) is 26.6. The minimum atomic E-state index is -0.558. The molecule has 128 valence electrons.